The van der Waals surface area contributed by atoms with E-state index >= 15 is 0 Å². The number of carbonyl (C=O) groups is 1. The molecule has 0 aromatic carbocycles. The zero-order valence-electron chi connectivity index (χ0n) is 14.9. The molecule has 2 heterocycles. The van der Waals surface area contributed by atoms with Gasteiger partial charge in [-0.3, -0.25) is 4.79 Å². The highest BCUT2D eigenvalue weighted by Crippen LogP contribution is 2.33. The van der Waals surface area contributed by atoms with Crippen molar-refractivity contribution in [2.75, 3.05) is 19.8 Å². The number of hydrogen-bond donors (Lipinski definition) is 1. The summed E-state index contributed by atoms with van der Waals surface area (Å²) in [5.74, 6) is 0.131. The topological polar surface area (TPSA) is 47.6 Å². The van der Waals surface area contributed by atoms with Crippen molar-refractivity contribution in [1.29, 1.82) is 0 Å². The van der Waals surface area contributed by atoms with Crippen molar-refractivity contribution in [3.63, 3.8) is 0 Å². The first-order valence-corrected chi connectivity index (χ1v) is 10.4. The van der Waals surface area contributed by atoms with E-state index in [0.29, 0.717) is 38.5 Å². The Morgan fingerprint density at radius 1 is 0.960 bits per heavy atom. The largest absolute Gasteiger partial charge is 0.377 e. The van der Waals surface area contributed by atoms with Gasteiger partial charge in [0.1, 0.15) is 6.17 Å². The smallest absolute Gasteiger partial charge is 0.225 e. The minimum absolute atomic E-state index is 0.0427. The van der Waals surface area contributed by atoms with Gasteiger partial charge in [-0.1, -0.05) is 0 Å². The predicted octanol–water partition coefficient (Wildman–Crippen LogP) is 3.60. The Hall–Kier alpha value is -0.390. The molecule has 4 rings (SSSR count). The van der Waals surface area contributed by atoms with Crippen LogP contribution < -0.4 is 5.32 Å². The summed E-state index contributed by atoms with van der Waals surface area (Å²) in [6, 6.07) is 0. The standard InChI is InChI=1S/C19H31ClFNO3/c20-16-11-13-3-5-18(16)25-10-2-1-9-24-17-6-4-14(21)12-15(17)19(23)22-8-7-13/h13-18H,1-12H2,(H,22,23)/t13-,14?,15?,16?,17?,18?/m0/s1. The van der Waals surface area contributed by atoms with E-state index in [2.05, 4.69) is 5.32 Å². The number of nitrogens with one attached hydrogen (secondary N) is 1. The normalized spacial score (nSPS) is 41.8. The average molecular weight is 376 g/mol. The van der Waals surface area contributed by atoms with E-state index in [1.54, 1.807) is 0 Å². The van der Waals surface area contributed by atoms with Crippen LogP contribution in [0.25, 0.3) is 0 Å². The van der Waals surface area contributed by atoms with Gasteiger partial charge in [0.2, 0.25) is 5.91 Å². The van der Waals surface area contributed by atoms with Crippen LogP contribution in [0.3, 0.4) is 0 Å². The Kier molecular flexibility index (Phi) is 7.38. The molecule has 1 N–H and O–H groups in total. The summed E-state index contributed by atoms with van der Waals surface area (Å²) >= 11 is 6.50. The molecule has 6 heteroatoms. The third-order valence-corrected chi connectivity index (χ3v) is 6.39. The molecule has 5 unspecified atom stereocenters. The van der Waals surface area contributed by atoms with E-state index in [-0.39, 0.29) is 35.8 Å². The predicted molar refractivity (Wildman–Crippen MR) is 95.6 cm³/mol. The molecule has 25 heavy (non-hydrogen) atoms. The summed E-state index contributed by atoms with van der Waals surface area (Å²) in [5.41, 5.74) is 0. The first kappa shape index (κ1) is 19.4. The van der Waals surface area contributed by atoms with Crippen molar-refractivity contribution >= 4 is 17.5 Å². The van der Waals surface area contributed by atoms with Crippen molar-refractivity contribution in [3.05, 3.63) is 0 Å². The highest BCUT2D eigenvalue weighted by atomic mass is 35.5. The van der Waals surface area contributed by atoms with Crippen LogP contribution in [0, 0.1) is 11.8 Å². The van der Waals surface area contributed by atoms with Crippen LogP contribution in [0.15, 0.2) is 0 Å². The van der Waals surface area contributed by atoms with E-state index in [9.17, 15) is 9.18 Å². The monoisotopic (exact) mass is 375 g/mol. The summed E-state index contributed by atoms with van der Waals surface area (Å²) in [6.07, 6.45) is 6.34. The number of ether oxygens (including phenoxy) is 2. The molecule has 2 aliphatic carbocycles. The third-order valence-electron chi connectivity index (χ3n) is 5.94. The fourth-order valence-corrected chi connectivity index (χ4v) is 4.84. The molecular formula is C19H31ClFNO3. The first-order valence-electron chi connectivity index (χ1n) is 9.92. The highest BCUT2D eigenvalue weighted by molar-refractivity contribution is 6.21. The number of alkyl halides is 2. The van der Waals surface area contributed by atoms with Gasteiger partial charge in [-0.25, -0.2) is 4.39 Å². The number of carbonyl (C=O) groups excluding carboxylic acids is 1. The van der Waals surface area contributed by atoms with Crippen LogP contribution in [0.5, 0.6) is 0 Å². The van der Waals surface area contributed by atoms with Crippen molar-refractivity contribution in [1.82, 2.24) is 5.32 Å². The van der Waals surface area contributed by atoms with Crippen molar-refractivity contribution in [3.8, 4) is 0 Å². The van der Waals surface area contributed by atoms with Gasteiger partial charge in [0.25, 0.3) is 0 Å². The zero-order chi connectivity index (χ0) is 17.6. The van der Waals surface area contributed by atoms with E-state index in [0.717, 1.165) is 38.5 Å². The summed E-state index contributed by atoms with van der Waals surface area (Å²) in [5, 5.41) is 3.08. The Labute approximate surface area is 155 Å². The van der Waals surface area contributed by atoms with Gasteiger partial charge < -0.3 is 14.8 Å². The molecule has 4 nitrogen and oxygen atoms in total. The van der Waals surface area contributed by atoms with Gasteiger partial charge in [-0.2, -0.15) is 0 Å². The van der Waals surface area contributed by atoms with Gasteiger partial charge in [-0.05, 0) is 63.7 Å². The molecule has 0 aromatic heterocycles. The molecule has 6 atom stereocenters. The van der Waals surface area contributed by atoms with Gasteiger partial charge in [0.15, 0.2) is 0 Å². The molecular weight excluding hydrogens is 345 g/mol. The third kappa shape index (κ3) is 5.54. The molecule has 0 aromatic rings. The second-order valence-electron chi connectivity index (χ2n) is 7.82. The number of amides is 1. The molecule has 2 bridgehead atoms. The Balaban J connectivity index is 1.59. The lowest BCUT2D eigenvalue weighted by Crippen LogP contribution is -2.44. The van der Waals surface area contributed by atoms with Crippen LogP contribution in [0.2, 0.25) is 0 Å². The van der Waals surface area contributed by atoms with E-state index < -0.39 is 6.17 Å². The SMILES string of the molecule is O=C1NCC[C@@H]2CCC(OCCCCOC3CCC(F)CC13)C(Cl)C2. The lowest BCUT2D eigenvalue weighted by molar-refractivity contribution is -0.134. The lowest BCUT2D eigenvalue weighted by Gasteiger charge is -2.34. The molecule has 2 saturated heterocycles. The minimum atomic E-state index is -0.887. The average Bonchev–Trinajstić information content (AvgIpc) is 2.59. The van der Waals surface area contributed by atoms with Crippen LogP contribution >= 0.6 is 11.6 Å². The second-order valence-corrected chi connectivity index (χ2v) is 8.38. The highest BCUT2D eigenvalue weighted by Gasteiger charge is 2.36. The van der Waals surface area contributed by atoms with Crippen LogP contribution in [0.4, 0.5) is 4.39 Å². The van der Waals surface area contributed by atoms with Crippen molar-refractivity contribution in [2.24, 2.45) is 11.8 Å². The van der Waals surface area contributed by atoms with Crippen molar-refractivity contribution in [2.45, 2.75) is 81.5 Å². The van der Waals surface area contributed by atoms with Gasteiger partial charge in [-0.15, -0.1) is 11.6 Å². The van der Waals surface area contributed by atoms with Crippen molar-refractivity contribution < 1.29 is 18.7 Å². The van der Waals surface area contributed by atoms with Gasteiger partial charge >= 0.3 is 0 Å². The second kappa shape index (κ2) is 9.52. The van der Waals surface area contributed by atoms with Crippen LogP contribution in [-0.2, 0) is 14.3 Å². The maximum absolute atomic E-state index is 13.8. The maximum atomic E-state index is 13.8. The summed E-state index contributed by atoms with van der Waals surface area (Å²) in [4.78, 5) is 12.6. The van der Waals surface area contributed by atoms with Gasteiger partial charge in [0, 0.05) is 19.8 Å². The first-order chi connectivity index (χ1) is 12.1. The van der Waals surface area contributed by atoms with Crippen LogP contribution in [0.1, 0.15) is 57.8 Å². The molecule has 0 spiro atoms. The number of fused-ring (bicyclic) bond motifs is 10. The fourth-order valence-electron chi connectivity index (χ4n) is 4.39. The van der Waals surface area contributed by atoms with Crippen LogP contribution in [-0.4, -0.2) is 49.4 Å². The molecule has 4 aliphatic rings. The Morgan fingerprint density at radius 2 is 1.68 bits per heavy atom. The summed E-state index contributed by atoms with van der Waals surface area (Å²) < 4.78 is 25.7. The summed E-state index contributed by atoms with van der Waals surface area (Å²) in [6.45, 7) is 1.95. The molecule has 144 valence electrons. The van der Waals surface area contributed by atoms with E-state index in [4.69, 9.17) is 21.1 Å². The maximum Gasteiger partial charge on any atom is 0.225 e. The molecule has 2 saturated carbocycles. The summed E-state index contributed by atoms with van der Waals surface area (Å²) in [7, 11) is 0. The molecule has 1 amide bonds. The Morgan fingerprint density at radius 3 is 2.44 bits per heavy atom. The lowest BCUT2D eigenvalue weighted by atomic mass is 9.83. The minimum Gasteiger partial charge on any atom is -0.377 e. The number of halogens is 2. The Bertz CT molecular complexity index is 439. The number of rotatable bonds is 0. The van der Waals surface area contributed by atoms with Gasteiger partial charge in [0.05, 0.1) is 23.5 Å². The zero-order valence-corrected chi connectivity index (χ0v) is 15.7. The molecule has 4 fully saturated rings. The molecule has 0 radical (unpaired) electrons. The van der Waals surface area contributed by atoms with E-state index in [1.807, 2.05) is 0 Å². The van der Waals surface area contributed by atoms with E-state index in [1.165, 1.54) is 0 Å². The number of hydrogen-bond acceptors (Lipinski definition) is 3. The molecule has 2 aliphatic heterocycles. The fraction of sp³-hybridized carbons (Fsp3) is 0.947. The quantitative estimate of drug-likeness (QED) is 0.658.